The third-order valence-electron chi connectivity index (χ3n) is 3.17. The number of aromatic nitrogens is 2. The fourth-order valence-corrected chi connectivity index (χ4v) is 3.70. The Labute approximate surface area is 148 Å². The highest BCUT2D eigenvalue weighted by molar-refractivity contribution is 7.92. The van der Waals surface area contributed by atoms with Crippen LogP contribution in [0.1, 0.15) is 5.56 Å². The van der Waals surface area contributed by atoms with Gasteiger partial charge in [-0.3, -0.25) is 0 Å². The molecule has 0 aliphatic carbocycles. The van der Waals surface area contributed by atoms with E-state index in [1.54, 1.807) is 42.5 Å². The predicted octanol–water partition coefficient (Wildman–Crippen LogP) is 2.69. The molecule has 7 nitrogen and oxygen atoms in total. The van der Waals surface area contributed by atoms with E-state index in [9.17, 15) is 13.5 Å². The monoisotopic (exact) mass is 375 g/mol. The zero-order chi connectivity index (χ0) is 17.9. The number of methoxy groups -OCH3 is 1. The van der Waals surface area contributed by atoms with Crippen molar-refractivity contribution in [2.75, 3.05) is 7.11 Å². The number of phenols is 1. The lowest BCUT2D eigenvalue weighted by molar-refractivity contribution is 0.405. The molecule has 1 aromatic heterocycles. The maximum Gasteiger partial charge on any atom is 0.314 e. The lowest BCUT2D eigenvalue weighted by Crippen LogP contribution is -2.08. The summed E-state index contributed by atoms with van der Waals surface area (Å²) in [5.41, 5.74) is 1.13. The first-order valence-corrected chi connectivity index (χ1v) is 9.28. The van der Waals surface area contributed by atoms with Crippen molar-refractivity contribution in [3.63, 3.8) is 0 Å². The van der Waals surface area contributed by atoms with Crippen LogP contribution in [0.5, 0.6) is 5.75 Å². The van der Waals surface area contributed by atoms with Gasteiger partial charge in [0.05, 0.1) is 7.11 Å². The number of aromatic hydroxyl groups is 1. The number of ether oxygens (including phenoxy) is 1. The third kappa shape index (κ3) is 3.83. The molecule has 0 unspecified atom stereocenters. The fourth-order valence-electron chi connectivity index (χ4n) is 1.98. The van der Waals surface area contributed by atoms with Gasteiger partial charge in [-0.05, 0) is 36.4 Å². The lowest BCUT2D eigenvalue weighted by Gasteiger charge is -2.03. The molecule has 0 spiro atoms. The van der Waals surface area contributed by atoms with Crippen LogP contribution in [0.4, 0.5) is 0 Å². The summed E-state index contributed by atoms with van der Waals surface area (Å²) >= 11 is 0.729. The summed E-state index contributed by atoms with van der Waals surface area (Å²) in [4.78, 5) is 4.04. The standard InChI is InChI=1S/C16H13N3O4S2/c1-23-15(12-5-3-2-4-6-12)19-25(21,22)16-17-14(18-24-16)11-7-9-13(20)10-8-11/h2-10,20H,1H3. The summed E-state index contributed by atoms with van der Waals surface area (Å²) in [5, 5.41) is 9.31. The van der Waals surface area contributed by atoms with Crippen molar-refractivity contribution in [2.24, 2.45) is 4.40 Å². The number of rotatable bonds is 4. The van der Waals surface area contributed by atoms with Crippen molar-refractivity contribution in [3.05, 3.63) is 60.2 Å². The van der Waals surface area contributed by atoms with Crippen LogP contribution in [0.3, 0.4) is 0 Å². The van der Waals surface area contributed by atoms with Gasteiger partial charge in [0.2, 0.25) is 5.90 Å². The van der Waals surface area contributed by atoms with Gasteiger partial charge in [0.1, 0.15) is 5.75 Å². The quantitative estimate of drug-likeness (QED) is 0.556. The van der Waals surface area contributed by atoms with E-state index in [4.69, 9.17) is 4.74 Å². The van der Waals surface area contributed by atoms with Crippen LogP contribution in [-0.4, -0.2) is 35.9 Å². The maximum atomic E-state index is 12.5. The molecule has 25 heavy (non-hydrogen) atoms. The van der Waals surface area contributed by atoms with Crippen LogP contribution in [-0.2, 0) is 14.8 Å². The van der Waals surface area contributed by atoms with E-state index in [2.05, 4.69) is 13.8 Å². The van der Waals surface area contributed by atoms with Crippen LogP contribution in [0.25, 0.3) is 11.4 Å². The summed E-state index contributed by atoms with van der Waals surface area (Å²) in [6.45, 7) is 0. The first-order chi connectivity index (χ1) is 12.0. The minimum atomic E-state index is -4.06. The third-order valence-corrected chi connectivity index (χ3v) is 5.48. The van der Waals surface area contributed by atoms with Crippen LogP contribution >= 0.6 is 11.5 Å². The predicted molar refractivity (Wildman–Crippen MR) is 94.2 cm³/mol. The number of hydrogen-bond donors (Lipinski definition) is 1. The molecule has 9 heteroatoms. The summed E-state index contributed by atoms with van der Waals surface area (Å²) in [5.74, 6) is 0.323. The van der Waals surface area contributed by atoms with E-state index >= 15 is 0 Å². The lowest BCUT2D eigenvalue weighted by atomic mass is 10.2. The topological polar surface area (TPSA) is 102 Å². The molecule has 0 saturated carbocycles. The second kappa shape index (κ2) is 6.99. The maximum absolute atomic E-state index is 12.5. The molecule has 1 heterocycles. The van der Waals surface area contributed by atoms with Gasteiger partial charge >= 0.3 is 10.0 Å². The molecule has 0 aliphatic heterocycles. The van der Waals surface area contributed by atoms with Crippen molar-refractivity contribution in [2.45, 2.75) is 4.34 Å². The first-order valence-electron chi connectivity index (χ1n) is 7.07. The molecule has 0 aliphatic rings. The van der Waals surface area contributed by atoms with E-state index in [0.717, 1.165) is 11.5 Å². The molecule has 0 radical (unpaired) electrons. The molecule has 0 amide bonds. The van der Waals surface area contributed by atoms with Gasteiger partial charge in [-0.1, -0.05) is 18.2 Å². The van der Waals surface area contributed by atoms with Gasteiger partial charge in [-0.2, -0.15) is 12.8 Å². The summed E-state index contributed by atoms with van der Waals surface area (Å²) in [6.07, 6.45) is 0. The average Bonchev–Trinajstić information content (AvgIpc) is 3.12. The zero-order valence-corrected chi connectivity index (χ0v) is 14.7. The van der Waals surface area contributed by atoms with E-state index in [1.165, 1.54) is 19.2 Å². The minimum Gasteiger partial charge on any atom is -0.508 e. The molecule has 3 aromatic rings. The van der Waals surface area contributed by atoms with E-state index in [0.29, 0.717) is 11.1 Å². The Balaban J connectivity index is 1.95. The van der Waals surface area contributed by atoms with Gasteiger partial charge in [0, 0.05) is 22.7 Å². The Morgan fingerprint density at radius 1 is 1.12 bits per heavy atom. The van der Waals surface area contributed by atoms with Crippen LogP contribution in [0.15, 0.2) is 63.3 Å². The average molecular weight is 375 g/mol. The second-order valence-electron chi connectivity index (χ2n) is 4.87. The van der Waals surface area contributed by atoms with Gasteiger partial charge in [0.15, 0.2) is 5.82 Å². The number of benzene rings is 2. The molecule has 1 N–H and O–H groups in total. The Morgan fingerprint density at radius 2 is 1.80 bits per heavy atom. The normalized spacial score (nSPS) is 12.1. The highest BCUT2D eigenvalue weighted by Gasteiger charge is 2.22. The SMILES string of the molecule is COC(=NS(=O)(=O)c1nc(-c2ccc(O)cc2)ns1)c1ccccc1. The zero-order valence-electron chi connectivity index (χ0n) is 13.0. The molecule has 0 saturated heterocycles. The Bertz CT molecular complexity index is 997. The molecule has 0 fully saturated rings. The van der Waals surface area contributed by atoms with Crippen molar-refractivity contribution in [1.29, 1.82) is 0 Å². The van der Waals surface area contributed by atoms with Crippen molar-refractivity contribution < 1.29 is 18.3 Å². The van der Waals surface area contributed by atoms with E-state index < -0.39 is 10.0 Å². The second-order valence-corrected chi connectivity index (χ2v) is 7.40. The van der Waals surface area contributed by atoms with Gasteiger partial charge in [-0.15, -0.1) is 4.40 Å². The van der Waals surface area contributed by atoms with Gasteiger partial charge in [0.25, 0.3) is 4.34 Å². The number of phenolic OH excluding ortho intramolecular Hbond substituents is 1. The van der Waals surface area contributed by atoms with E-state index in [-0.39, 0.29) is 21.8 Å². The molecule has 2 aromatic carbocycles. The van der Waals surface area contributed by atoms with Crippen LogP contribution in [0.2, 0.25) is 0 Å². The fraction of sp³-hybridized carbons (Fsp3) is 0.0625. The highest BCUT2D eigenvalue weighted by Crippen LogP contribution is 2.24. The van der Waals surface area contributed by atoms with Crippen LogP contribution < -0.4 is 0 Å². The summed E-state index contributed by atoms with van der Waals surface area (Å²) in [7, 11) is -2.71. The number of nitrogens with zero attached hydrogens (tertiary/aromatic N) is 3. The summed E-state index contributed by atoms with van der Waals surface area (Å²) in [6, 6.07) is 14.8. The van der Waals surface area contributed by atoms with Crippen molar-refractivity contribution >= 4 is 27.5 Å². The van der Waals surface area contributed by atoms with E-state index in [1.807, 2.05) is 0 Å². The minimum absolute atomic E-state index is 0.0259. The molecule has 0 atom stereocenters. The summed E-state index contributed by atoms with van der Waals surface area (Å²) < 4.78 is 37.6. The number of sulfonamides is 1. The Morgan fingerprint density at radius 3 is 2.44 bits per heavy atom. The van der Waals surface area contributed by atoms with Crippen molar-refractivity contribution in [3.8, 4) is 17.1 Å². The Kier molecular flexibility index (Phi) is 4.77. The smallest absolute Gasteiger partial charge is 0.314 e. The molecule has 3 rings (SSSR count). The molecular weight excluding hydrogens is 362 g/mol. The Hall–Kier alpha value is -2.78. The van der Waals surface area contributed by atoms with Crippen molar-refractivity contribution in [1.82, 2.24) is 9.36 Å². The van der Waals surface area contributed by atoms with Crippen LogP contribution in [0, 0.1) is 0 Å². The van der Waals surface area contributed by atoms with Gasteiger partial charge < -0.3 is 9.84 Å². The molecule has 128 valence electrons. The number of hydrogen-bond acceptors (Lipinski definition) is 7. The highest BCUT2D eigenvalue weighted by atomic mass is 32.2. The first kappa shape index (κ1) is 17.1. The largest absolute Gasteiger partial charge is 0.508 e. The molecule has 0 bridgehead atoms. The molecular formula is C16H13N3O4S2. The van der Waals surface area contributed by atoms with Gasteiger partial charge in [-0.25, -0.2) is 4.98 Å².